The Balaban J connectivity index is 1.47. The average Bonchev–Trinajstić information content (AvgIpc) is 3.24. The number of Topliss-reactive ketones (excluding diaryl/α,β-unsaturated/α-hetero) is 1. The summed E-state index contributed by atoms with van der Waals surface area (Å²) >= 11 is 0. The number of aryl methyl sites for hydroxylation is 1. The smallest absolute Gasteiger partial charge is 0.274 e. The van der Waals surface area contributed by atoms with Crippen LogP contribution in [0.3, 0.4) is 0 Å². The third kappa shape index (κ3) is 4.37. The van der Waals surface area contributed by atoms with Crippen LogP contribution in [0.15, 0.2) is 89.9 Å². The van der Waals surface area contributed by atoms with Gasteiger partial charge in [-0.25, -0.2) is 18.3 Å². The van der Waals surface area contributed by atoms with Crippen molar-refractivity contribution in [3.8, 4) is 11.3 Å². The zero-order valence-corrected chi connectivity index (χ0v) is 20.7. The highest BCUT2D eigenvalue weighted by molar-refractivity contribution is 6.16. The molecule has 1 amide bonds. The Labute approximate surface area is 221 Å². The number of carbonyl (C=O) groups is 2. The molecule has 5 aromatic rings. The SMILES string of the molecule is Cc1ccc2nc(-c3ccccc3F)c(C(=O)N[C@H]3N=C(c4ccccc4)c4cccc(F)c4CC3=O)n2n1. The maximum atomic E-state index is 14.9. The van der Waals surface area contributed by atoms with E-state index in [2.05, 4.69) is 20.4 Å². The Morgan fingerprint density at radius 2 is 1.62 bits per heavy atom. The second-order valence-corrected chi connectivity index (χ2v) is 9.16. The second kappa shape index (κ2) is 9.68. The van der Waals surface area contributed by atoms with Crippen molar-refractivity contribution < 1.29 is 18.4 Å². The zero-order valence-electron chi connectivity index (χ0n) is 20.7. The van der Waals surface area contributed by atoms with Crippen LogP contribution < -0.4 is 5.32 Å². The van der Waals surface area contributed by atoms with Gasteiger partial charge in [0.15, 0.2) is 23.3 Å². The summed E-state index contributed by atoms with van der Waals surface area (Å²) in [6, 6.07) is 23.0. The van der Waals surface area contributed by atoms with Crippen molar-refractivity contribution in [2.45, 2.75) is 19.5 Å². The van der Waals surface area contributed by atoms with Crippen LogP contribution in [0.5, 0.6) is 0 Å². The van der Waals surface area contributed by atoms with E-state index in [1.165, 1.54) is 28.8 Å². The summed E-state index contributed by atoms with van der Waals surface area (Å²) in [6.45, 7) is 1.75. The number of hydrogen-bond donors (Lipinski definition) is 1. The lowest BCUT2D eigenvalue weighted by Crippen LogP contribution is -2.41. The van der Waals surface area contributed by atoms with E-state index in [9.17, 15) is 18.4 Å². The van der Waals surface area contributed by atoms with Crippen LogP contribution in [0.25, 0.3) is 16.9 Å². The zero-order chi connectivity index (χ0) is 27.1. The molecule has 1 atom stereocenters. The fourth-order valence-corrected chi connectivity index (χ4v) is 4.70. The number of aromatic nitrogens is 3. The third-order valence-electron chi connectivity index (χ3n) is 6.56. The number of nitrogens with one attached hydrogen (secondary N) is 1. The molecule has 7 nitrogen and oxygen atoms in total. The Bertz CT molecular complexity index is 1800. The molecule has 9 heteroatoms. The van der Waals surface area contributed by atoms with E-state index in [0.29, 0.717) is 28.2 Å². The maximum absolute atomic E-state index is 14.9. The predicted octanol–water partition coefficient (Wildman–Crippen LogP) is 4.70. The van der Waals surface area contributed by atoms with Crippen molar-refractivity contribution in [3.63, 3.8) is 0 Å². The van der Waals surface area contributed by atoms with Gasteiger partial charge in [-0.2, -0.15) is 5.10 Å². The van der Waals surface area contributed by atoms with Crippen molar-refractivity contribution >= 4 is 23.0 Å². The van der Waals surface area contributed by atoms with Crippen molar-refractivity contribution in [1.82, 2.24) is 19.9 Å². The summed E-state index contributed by atoms with van der Waals surface area (Å²) < 4.78 is 31.0. The molecule has 0 aliphatic carbocycles. The molecule has 39 heavy (non-hydrogen) atoms. The molecule has 6 rings (SSSR count). The largest absolute Gasteiger partial charge is 0.323 e. The highest BCUT2D eigenvalue weighted by Gasteiger charge is 2.31. The van der Waals surface area contributed by atoms with E-state index in [-0.39, 0.29) is 28.9 Å². The van der Waals surface area contributed by atoms with Crippen molar-refractivity contribution in [3.05, 3.63) is 125 Å². The van der Waals surface area contributed by atoms with Gasteiger partial charge in [0.2, 0.25) is 0 Å². The summed E-state index contributed by atoms with van der Waals surface area (Å²) in [4.78, 5) is 36.3. The Morgan fingerprint density at radius 1 is 0.897 bits per heavy atom. The minimum Gasteiger partial charge on any atom is -0.323 e. The molecule has 1 aliphatic heterocycles. The average molecular weight is 522 g/mol. The number of carbonyl (C=O) groups excluding carboxylic acids is 2. The van der Waals surface area contributed by atoms with Crippen LogP contribution in [0, 0.1) is 18.6 Å². The van der Waals surface area contributed by atoms with Gasteiger partial charge in [0.25, 0.3) is 5.91 Å². The molecular weight excluding hydrogens is 500 g/mol. The van der Waals surface area contributed by atoms with Gasteiger partial charge in [0.1, 0.15) is 17.3 Å². The van der Waals surface area contributed by atoms with Gasteiger partial charge in [0.05, 0.1) is 11.4 Å². The quantitative estimate of drug-likeness (QED) is 0.371. The number of ketones is 1. The highest BCUT2D eigenvalue weighted by atomic mass is 19.1. The fourth-order valence-electron chi connectivity index (χ4n) is 4.70. The van der Waals surface area contributed by atoms with Crippen LogP contribution in [0.2, 0.25) is 0 Å². The Kier molecular flexibility index (Phi) is 6.03. The van der Waals surface area contributed by atoms with E-state index in [4.69, 9.17) is 0 Å². The first-order chi connectivity index (χ1) is 18.9. The summed E-state index contributed by atoms with van der Waals surface area (Å²) in [5, 5.41) is 7.09. The van der Waals surface area contributed by atoms with Crippen LogP contribution in [0.4, 0.5) is 8.78 Å². The lowest BCUT2D eigenvalue weighted by atomic mass is 9.95. The molecule has 1 N–H and O–H groups in total. The van der Waals surface area contributed by atoms with Gasteiger partial charge in [-0.3, -0.25) is 14.6 Å². The number of nitrogens with zero attached hydrogens (tertiary/aromatic N) is 4. The van der Waals surface area contributed by atoms with E-state index in [0.717, 1.165) is 0 Å². The molecule has 3 aromatic carbocycles. The molecule has 3 heterocycles. The first kappa shape index (κ1) is 24.3. The number of imidazole rings is 1. The lowest BCUT2D eigenvalue weighted by Gasteiger charge is -2.14. The highest BCUT2D eigenvalue weighted by Crippen LogP contribution is 2.28. The van der Waals surface area contributed by atoms with E-state index >= 15 is 0 Å². The van der Waals surface area contributed by atoms with Crippen LogP contribution in [0.1, 0.15) is 32.9 Å². The van der Waals surface area contributed by atoms with Crippen molar-refractivity contribution in [2.75, 3.05) is 0 Å². The molecule has 0 saturated carbocycles. The topological polar surface area (TPSA) is 88.7 Å². The van der Waals surface area contributed by atoms with Crippen LogP contribution >= 0.6 is 0 Å². The first-order valence-electron chi connectivity index (χ1n) is 12.3. The van der Waals surface area contributed by atoms with Gasteiger partial charge in [-0.05, 0) is 37.3 Å². The fraction of sp³-hybridized carbons (Fsp3) is 0.100. The first-order valence-corrected chi connectivity index (χ1v) is 12.3. The number of rotatable bonds is 4. The summed E-state index contributed by atoms with van der Waals surface area (Å²) in [5.74, 6) is -2.31. The number of fused-ring (bicyclic) bond motifs is 2. The number of aliphatic imine (C=N–C) groups is 1. The standard InChI is InChI=1S/C30H21F2N5O2/c1-17-14-15-25-33-27(20-10-5-6-12-22(20)31)28(37(25)36-17)30(39)35-29-24(38)16-21-19(11-7-13-23(21)32)26(34-29)18-8-3-2-4-9-18/h2-15,29H,16H2,1H3,(H,35,39)/t29-/m1/s1. The molecule has 1 aliphatic rings. The monoisotopic (exact) mass is 521 g/mol. The number of amides is 1. The molecule has 2 aromatic heterocycles. The van der Waals surface area contributed by atoms with Gasteiger partial charge in [-0.1, -0.05) is 54.6 Å². The molecule has 0 spiro atoms. The van der Waals surface area contributed by atoms with E-state index < -0.39 is 29.5 Å². The van der Waals surface area contributed by atoms with Crippen LogP contribution in [-0.2, 0) is 11.2 Å². The molecular formula is C30H21F2N5O2. The maximum Gasteiger partial charge on any atom is 0.274 e. The molecule has 0 unspecified atom stereocenters. The molecule has 0 saturated heterocycles. The minimum atomic E-state index is -1.33. The van der Waals surface area contributed by atoms with E-state index in [1.54, 1.807) is 49.4 Å². The Morgan fingerprint density at radius 3 is 2.41 bits per heavy atom. The van der Waals surface area contributed by atoms with Crippen molar-refractivity contribution in [2.24, 2.45) is 4.99 Å². The van der Waals surface area contributed by atoms with E-state index in [1.807, 2.05) is 18.2 Å². The number of halogens is 2. The van der Waals surface area contributed by atoms with Crippen LogP contribution in [-0.4, -0.2) is 38.2 Å². The predicted molar refractivity (Wildman–Crippen MR) is 142 cm³/mol. The number of benzene rings is 3. The molecule has 192 valence electrons. The second-order valence-electron chi connectivity index (χ2n) is 9.16. The Hall–Kier alpha value is -5.05. The van der Waals surface area contributed by atoms with Gasteiger partial charge in [0, 0.05) is 28.7 Å². The lowest BCUT2D eigenvalue weighted by molar-refractivity contribution is -0.120. The van der Waals surface area contributed by atoms with Crippen molar-refractivity contribution in [1.29, 1.82) is 0 Å². The number of hydrogen-bond acceptors (Lipinski definition) is 5. The molecule has 0 bridgehead atoms. The van der Waals surface area contributed by atoms with Gasteiger partial charge in [-0.15, -0.1) is 0 Å². The third-order valence-corrected chi connectivity index (χ3v) is 6.56. The molecule has 0 fully saturated rings. The minimum absolute atomic E-state index is 0.0454. The summed E-state index contributed by atoms with van der Waals surface area (Å²) in [6.07, 6.45) is -1.60. The molecule has 0 radical (unpaired) electrons. The van der Waals surface area contributed by atoms with Gasteiger partial charge >= 0.3 is 0 Å². The summed E-state index contributed by atoms with van der Waals surface area (Å²) in [5.41, 5.74) is 2.81. The normalized spacial score (nSPS) is 15.0. The van der Waals surface area contributed by atoms with Gasteiger partial charge < -0.3 is 5.32 Å². The summed E-state index contributed by atoms with van der Waals surface area (Å²) in [7, 11) is 0.